The van der Waals surface area contributed by atoms with Gasteiger partial charge in [-0.25, -0.2) is 4.98 Å². The number of hydrogen-bond acceptors (Lipinski definition) is 5. The number of anilines is 2. The van der Waals surface area contributed by atoms with Gasteiger partial charge < -0.3 is 20.3 Å². The average Bonchev–Trinajstić information content (AvgIpc) is 3.07. The minimum atomic E-state index is -0.0583. The van der Waals surface area contributed by atoms with Gasteiger partial charge in [-0.1, -0.05) is 12.8 Å². The molecule has 1 amide bonds. The molecule has 3 aliphatic rings. The number of carbonyl (C=O) groups is 1. The van der Waals surface area contributed by atoms with Crippen molar-refractivity contribution in [1.29, 1.82) is 0 Å². The van der Waals surface area contributed by atoms with E-state index in [2.05, 4.69) is 20.5 Å². The molecule has 6 heteroatoms. The van der Waals surface area contributed by atoms with Crippen LogP contribution in [0.15, 0.2) is 18.3 Å². The van der Waals surface area contributed by atoms with Crippen LogP contribution in [0.2, 0.25) is 0 Å². The molecule has 4 rings (SSSR count). The van der Waals surface area contributed by atoms with Gasteiger partial charge in [0, 0.05) is 19.1 Å². The number of ether oxygens (including phenoxy) is 1. The largest absolute Gasteiger partial charge is 0.378 e. The maximum Gasteiger partial charge on any atom is 0.241 e. The van der Waals surface area contributed by atoms with Crippen LogP contribution in [-0.4, -0.2) is 49.3 Å². The predicted molar refractivity (Wildman–Crippen MR) is 93.2 cm³/mol. The van der Waals surface area contributed by atoms with Crippen molar-refractivity contribution in [3.05, 3.63) is 18.3 Å². The predicted octanol–water partition coefficient (Wildman–Crippen LogP) is 1.78. The third kappa shape index (κ3) is 3.39. The number of nitrogens with zero attached hydrogens (tertiary/aromatic N) is 2. The van der Waals surface area contributed by atoms with Gasteiger partial charge in [-0.05, 0) is 37.3 Å². The van der Waals surface area contributed by atoms with Gasteiger partial charge in [0.05, 0.1) is 31.1 Å². The minimum Gasteiger partial charge on any atom is -0.378 e. The fraction of sp³-hybridized carbons (Fsp3) is 0.667. The molecule has 0 bridgehead atoms. The second-order valence-corrected chi connectivity index (χ2v) is 7.10. The second-order valence-electron chi connectivity index (χ2n) is 7.10. The first-order valence-corrected chi connectivity index (χ1v) is 9.15. The Bertz CT molecular complexity index is 557. The summed E-state index contributed by atoms with van der Waals surface area (Å²) in [7, 11) is 0. The molecule has 6 nitrogen and oxygen atoms in total. The van der Waals surface area contributed by atoms with E-state index in [1.54, 1.807) is 6.20 Å². The zero-order valence-electron chi connectivity index (χ0n) is 14.0. The molecule has 3 fully saturated rings. The summed E-state index contributed by atoms with van der Waals surface area (Å²) in [4.78, 5) is 19.2. The van der Waals surface area contributed by atoms with E-state index in [4.69, 9.17) is 4.74 Å². The Morgan fingerprint density at radius 2 is 2.08 bits per heavy atom. The van der Waals surface area contributed by atoms with Gasteiger partial charge in [-0.3, -0.25) is 4.79 Å². The van der Waals surface area contributed by atoms with E-state index in [-0.39, 0.29) is 11.9 Å². The maximum absolute atomic E-state index is 12.5. The monoisotopic (exact) mass is 330 g/mol. The SMILES string of the molecule is O=C(Nc1ccc(N2CCOCC2)nc1)C1CC2CCCCC2N1. The molecule has 0 aromatic carbocycles. The quantitative estimate of drug-likeness (QED) is 0.884. The molecule has 24 heavy (non-hydrogen) atoms. The number of rotatable bonds is 3. The summed E-state index contributed by atoms with van der Waals surface area (Å²) < 4.78 is 5.36. The Kier molecular flexibility index (Phi) is 4.67. The van der Waals surface area contributed by atoms with Crippen LogP contribution in [0, 0.1) is 5.92 Å². The van der Waals surface area contributed by atoms with Crippen LogP contribution in [0.1, 0.15) is 32.1 Å². The number of aromatic nitrogens is 1. The molecule has 2 aliphatic heterocycles. The van der Waals surface area contributed by atoms with Crippen LogP contribution >= 0.6 is 0 Å². The van der Waals surface area contributed by atoms with Gasteiger partial charge in [-0.2, -0.15) is 0 Å². The van der Waals surface area contributed by atoms with Gasteiger partial charge in [0.1, 0.15) is 5.82 Å². The summed E-state index contributed by atoms with van der Waals surface area (Å²) in [6.07, 6.45) is 7.79. The fourth-order valence-corrected chi connectivity index (χ4v) is 4.19. The molecule has 1 saturated carbocycles. The number of hydrogen-bond donors (Lipinski definition) is 2. The third-order valence-electron chi connectivity index (χ3n) is 5.53. The molecule has 0 spiro atoms. The molecule has 1 aromatic rings. The van der Waals surface area contributed by atoms with Crippen molar-refractivity contribution in [2.24, 2.45) is 5.92 Å². The van der Waals surface area contributed by atoms with E-state index in [0.717, 1.165) is 44.2 Å². The summed E-state index contributed by atoms with van der Waals surface area (Å²) >= 11 is 0. The van der Waals surface area contributed by atoms with E-state index in [1.807, 2.05) is 12.1 Å². The van der Waals surface area contributed by atoms with Crippen molar-refractivity contribution in [2.45, 2.75) is 44.2 Å². The summed E-state index contributed by atoms with van der Waals surface area (Å²) in [5, 5.41) is 6.54. The van der Waals surface area contributed by atoms with Crippen molar-refractivity contribution >= 4 is 17.4 Å². The van der Waals surface area contributed by atoms with Crippen LogP contribution in [0.25, 0.3) is 0 Å². The molecule has 3 atom stereocenters. The Morgan fingerprint density at radius 1 is 1.25 bits per heavy atom. The number of fused-ring (bicyclic) bond motifs is 1. The molecule has 2 N–H and O–H groups in total. The van der Waals surface area contributed by atoms with Crippen molar-refractivity contribution < 1.29 is 9.53 Å². The van der Waals surface area contributed by atoms with Crippen LogP contribution in [0.3, 0.4) is 0 Å². The Balaban J connectivity index is 1.34. The van der Waals surface area contributed by atoms with E-state index in [0.29, 0.717) is 12.0 Å². The fourth-order valence-electron chi connectivity index (χ4n) is 4.19. The molecule has 1 aromatic heterocycles. The smallest absolute Gasteiger partial charge is 0.241 e. The highest BCUT2D eigenvalue weighted by Gasteiger charge is 2.38. The topological polar surface area (TPSA) is 66.5 Å². The number of pyridine rings is 1. The maximum atomic E-state index is 12.5. The van der Waals surface area contributed by atoms with Crippen molar-refractivity contribution in [3.63, 3.8) is 0 Å². The lowest BCUT2D eigenvalue weighted by Crippen LogP contribution is -2.40. The normalized spacial score (nSPS) is 30.0. The summed E-state index contributed by atoms with van der Waals surface area (Å²) in [5.41, 5.74) is 0.772. The van der Waals surface area contributed by atoms with E-state index in [9.17, 15) is 4.79 Å². The molecule has 3 unspecified atom stereocenters. The molecule has 1 aliphatic carbocycles. The lowest BCUT2D eigenvalue weighted by atomic mass is 9.85. The standard InChI is InChI=1S/C18H26N4O2/c23-18(16-11-13-3-1-2-4-15(13)21-16)20-14-5-6-17(19-12-14)22-7-9-24-10-8-22/h5-6,12-13,15-16,21H,1-4,7-11H2,(H,20,23). The molecular weight excluding hydrogens is 304 g/mol. The van der Waals surface area contributed by atoms with Crippen LogP contribution in [0.4, 0.5) is 11.5 Å². The average molecular weight is 330 g/mol. The Morgan fingerprint density at radius 3 is 2.83 bits per heavy atom. The number of carbonyl (C=O) groups excluding carboxylic acids is 1. The molecule has 3 heterocycles. The second kappa shape index (κ2) is 7.07. The van der Waals surface area contributed by atoms with Gasteiger partial charge in [0.2, 0.25) is 5.91 Å². The molecule has 130 valence electrons. The molecular formula is C18H26N4O2. The van der Waals surface area contributed by atoms with Gasteiger partial charge >= 0.3 is 0 Å². The van der Waals surface area contributed by atoms with Crippen LogP contribution in [-0.2, 0) is 9.53 Å². The first-order chi connectivity index (χ1) is 11.8. The summed E-state index contributed by atoms with van der Waals surface area (Å²) in [6.45, 7) is 3.23. The zero-order valence-corrected chi connectivity index (χ0v) is 14.0. The first kappa shape index (κ1) is 15.8. The van der Waals surface area contributed by atoms with Gasteiger partial charge in [0.25, 0.3) is 0 Å². The van der Waals surface area contributed by atoms with Crippen molar-refractivity contribution in [1.82, 2.24) is 10.3 Å². The highest BCUT2D eigenvalue weighted by atomic mass is 16.5. The number of nitrogens with one attached hydrogen (secondary N) is 2. The Hall–Kier alpha value is -1.66. The van der Waals surface area contributed by atoms with Gasteiger partial charge in [0.15, 0.2) is 0 Å². The lowest BCUT2D eigenvalue weighted by Gasteiger charge is -2.27. The lowest BCUT2D eigenvalue weighted by molar-refractivity contribution is -0.117. The molecule has 0 radical (unpaired) electrons. The van der Waals surface area contributed by atoms with Crippen molar-refractivity contribution in [3.8, 4) is 0 Å². The molecule has 2 saturated heterocycles. The van der Waals surface area contributed by atoms with Crippen molar-refractivity contribution in [2.75, 3.05) is 36.5 Å². The number of amides is 1. The first-order valence-electron chi connectivity index (χ1n) is 9.15. The number of morpholine rings is 1. The minimum absolute atomic E-state index is 0.0583. The third-order valence-corrected chi connectivity index (χ3v) is 5.53. The highest BCUT2D eigenvalue weighted by molar-refractivity contribution is 5.95. The van der Waals surface area contributed by atoms with Gasteiger partial charge in [-0.15, -0.1) is 0 Å². The zero-order chi connectivity index (χ0) is 16.4. The summed E-state index contributed by atoms with van der Waals surface area (Å²) in [5.74, 6) is 1.70. The highest BCUT2D eigenvalue weighted by Crippen LogP contribution is 2.33. The van der Waals surface area contributed by atoms with E-state index in [1.165, 1.54) is 25.7 Å². The van der Waals surface area contributed by atoms with Crippen LogP contribution < -0.4 is 15.5 Å². The van der Waals surface area contributed by atoms with E-state index >= 15 is 0 Å². The summed E-state index contributed by atoms with van der Waals surface area (Å²) in [6, 6.07) is 4.40. The van der Waals surface area contributed by atoms with E-state index < -0.39 is 0 Å². The Labute approximate surface area is 143 Å². The van der Waals surface area contributed by atoms with Crippen LogP contribution in [0.5, 0.6) is 0 Å².